The Morgan fingerprint density at radius 2 is 1.95 bits per heavy atom. The molecule has 7 nitrogen and oxygen atoms in total. The minimum atomic E-state index is -0.542. The van der Waals surface area contributed by atoms with Gasteiger partial charge in [-0.2, -0.15) is 5.26 Å². The number of para-hydroxylation sites is 1. The van der Waals surface area contributed by atoms with E-state index < -0.39 is 4.92 Å². The van der Waals surface area contributed by atoms with Crippen molar-refractivity contribution in [1.82, 2.24) is 9.80 Å². The lowest BCUT2D eigenvalue weighted by Crippen LogP contribution is -2.48. The Bertz CT molecular complexity index is 559. The topological polar surface area (TPSA) is 90.5 Å². The third kappa shape index (κ3) is 2.92. The van der Waals surface area contributed by atoms with Crippen molar-refractivity contribution in [3.05, 3.63) is 39.9 Å². The van der Waals surface area contributed by atoms with Gasteiger partial charge >= 0.3 is 0 Å². The van der Waals surface area contributed by atoms with Crippen LogP contribution in [0.25, 0.3) is 0 Å². The normalized spacial score (nSPS) is 15.7. The number of piperazine rings is 1. The standard InChI is InChI=1S/C13H14N4O3/c14-5-6-15-7-9-16(10-8-15)13(18)11-3-1-2-4-12(11)17(19)20/h1-4H,6-10H2. The molecular weight excluding hydrogens is 260 g/mol. The fourth-order valence-electron chi connectivity index (χ4n) is 2.19. The van der Waals surface area contributed by atoms with Gasteiger partial charge in [-0.1, -0.05) is 12.1 Å². The van der Waals surface area contributed by atoms with Crippen LogP contribution in [-0.2, 0) is 0 Å². The largest absolute Gasteiger partial charge is 0.336 e. The molecule has 0 radical (unpaired) electrons. The number of rotatable bonds is 3. The predicted octanol–water partition coefficient (Wildman–Crippen LogP) is 0.876. The minimum Gasteiger partial charge on any atom is -0.336 e. The molecule has 0 atom stereocenters. The van der Waals surface area contributed by atoms with Gasteiger partial charge in [0, 0.05) is 32.2 Å². The van der Waals surface area contributed by atoms with Gasteiger partial charge in [0.25, 0.3) is 11.6 Å². The number of nitro benzene ring substituents is 1. The molecule has 1 fully saturated rings. The summed E-state index contributed by atoms with van der Waals surface area (Å²) in [4.78, 5) is 26.3. The third-order valence-corrected chi connectivity index (χ3v) is 3.28. The van der Waals surface area contributed by atoms with Crippen molar-refractivity contribution in [2.24, 2.45) is 0 Å². The molecule has 20 heavy (non-hydrogen) atoms. The summed E-state index contributed by atoms with van der Waals surface area (Å²) in [5, 5.41) is 19.6. The van der Waals surface area contributed by atoms with E-state index >= 15 is 0 Å². The molecule has 1 heterocycles. The number of amides is 1. The Labute approximate surface area is 116 Å². The van der Waals surface area contributed by atoms with E-state index in [-0.39, 0.29) is 17.2 Å². The van der Waals surface area contributed by atoms with Crippen molar-refractivity contribution >= 4 is 11.6 Å². The maximum Gasteiger partial charge on any atom is 0.282 e. The molecule has 1 aromatic rings. The van der Waals surface area contributed by atoms with Gasteiger partial charge in [0.05, 0.1) is 17.5 Å². The summed E-state index contributed by atoms with van der Waals surface area (Å²) in [5.74, 6) is -0.325. The molecule has 1 aromatic carbocycles. The Morgan fingerprint density at radius 3 is 2.55 bits per heavy atom. The molecule has 0 aliphatic carbocycles. The number of nitro groups is 1. The van der Waals surface area contributed by atoms with Gasteiger partial charge in [0.1, 0.15) is 5.56 Å². The summed E-state index contributed by atoms with van der Waals surface area (Å²) in [6.45, 7) is 2.52. The predicted molar refractivity (Wildman–Crippen MR) is 71.1 cm³/mol. The Kier molecular flexibility index (Phi) is 4.27. The highest BCUT2D eigenvalue weighted by molar-refractivity contribution is 5.98. The summed E-state index contributed by atoms with van der Waals surface area (Å²) in [6.07, 6.45) is 0. The summed E-state index contributed by atoms with van der Waals surface area (Å²) in [7, 11) is 0. The highest BCUT2D eigenvalue weighted by Crippen LogP contribution is 2.20. The van der Waals surface area contributed by atoms with Crippen LogP contribution in [0.15, 0.2) is 24.3 Å². The van der Waals surface area contributed by atoms with E-state index in [1.165, 1.54) is 12.1 Å². The van der Waals surface area contributed by atoms with Crippen LogP contribution in [0, 0.1) is 21.4 Å². The summed E-state index contributed by atoms with van der Waals surface area (Å²) >= 11 is 0. The number of nitriles is 1. The fourth-order valence-corrected chi connectivity index (χ4v) is 2.19. The Morgan fingerprint density at radius 1 is 1.30 bits per heavy atom. The Balaban J connectivity index is 2.10. The summed E-state index contributed by atoms with van der Waals surface area (Å²) in [6, 6.07) is 8.04. The van der Waals surface area contributed by atoms with Crippen LogP contribution in [0.3, 0.4) is 0 Å². The van der Waals surface area contributed by atoms with Gasteiger partial charge in [-0.15, -0.1) is 0 Å². The lowest BCUT2D eigenvalue weighted by Gasteiger charge is -2.33. The average molecular weight is 274 g/mol. The SMILES string of the molecule is N#CCN1CCN(C(=O)c2ccccc2[N+](=O)[O-])CC1. The number of hydrogen-bond donors (Lipinski definition) is 0. The number of benzene rings is 1. The van der Waals surface area contributed by atoms with E-state index in [9.17, 15) is 14.9 Å². The zero-order chi connectivity index (χ0) is 14.5. The smallest absolute Gasteiger partial charge is 0.282 e. The van der Waals surface area contributed by atoms with E-state index in [0.29, 0.717) is 32.7 Å². The van der Waals surface area contributed by atoms with Crippen molar-refractivity contribution in [3.63, 3.8) is 0 Å². The van der Waals surface area contributed by atoms with Gasteiger partial charge in [0.15, 0.2) is 0 Å². The maximum atomic E-state index is 12.3. The van der Waals surface area contributed by atoms with Crippen molar-refractivity contribution < 1.29 is 9.72 Å². The third-order valence-electron chi connectivity index (χ3n) is 3.28. The van der Waals surface area contributed by atoms with E-state index in [0.717, 1.165) is 0 Å². The monoisotopic (exact) mass is 274 g/mol. The second-order valence-electron chi connectivity index (χ2n) is 4.50. The molecular formula is C13H14N4O3. The molecule has 0 unspecified atom stereocenters. The van der Waals surface area contributed by atoms with Crippen molar-refractivity contribution in [2.75, 3.05) is 32.7 Å². The number of hydrogen-bond acceptors (Lipinski definition) is 5. The zero-order valence-corrected chi connectivity index (χ0v) is 10.9. The van der Waals surface area contributed by atoms with Crippen LogP contribution >= 0.6 is 0 Å². The fraction of sp³-hybridized carbons (Fsp3) is 0.385. The lowest BCUT2D eigenvalue weighted by atomic mass is 10.1. The highest BCUT2D eigenvalue weighted by Gasteiger charge is 2.26. The van der Waals surface area contributed by atoms with Gasteiger partial charge in [-0.3, -0.25) is 19.8 Å². The van der Waals surface area contributed by atoms with E-state index in [1.54, 1.807) is 17.0 Å². The second-order valence-corrected chi connectivity index (χ2v) is 4.50. The molecule has 0 saturated carbocycles. The van der Waals surface area contributed by atoms with Crippen molar-refractivity contribution in [3.8, 4) is 6.07 Å². The molecule has 104 valence electrons. The maximum absolute atomic E-state index is 12.3. The van der Waals surface area contributed by atoms with E-state index in [4.69, 9.17) is 5.26 Å². The number of carbonyl (C=O) groups is 1. The van der Waals surface area contributed by atoms with Gasteiger partial charge in [-0.25, -0.2) is 0 Å². The number of nitrogens with zero attached hydrogens (tertiary/aromatic N) is 4. The van der Waals surface area contributed by atoms with Crippen LogP contribution < -0.4 is 0 Å². The average Bonchev–Trinajstić information content (AvgIpc) is 2.47. The zero-order valence-electron chi connectivity index (χ0n) is 10.9. The first-order valence-corrected chi connectivity index (χ1v) is 6.25. The molecule has 1 amide bonds. The minimum absolute atomic E-state index is 0.117. The van der Waals surface area contributed by atoms with Crippen LogP contribution in [0.1, 0.15) is 10.4 Å². The number of carbonyl (C=O) groups excluding carboxylic acids is 1. The van der Waals surface area contributed by atoms with Gasteiger partial charge < -0.3 is 4.90 Å². The lowest BCUT2D eigenvalue weighted by molar-refractivity contribution is -0.385. The molecule has 7 heteroatoms. The van der Waals surface area contributed by atoms with Crippen molar-refractivity contribution in [2.45, 2.75) is 0 Å². The first-order chi connectivity index (χ1) is 9.63. The van der Waals surface area contributed by atoms with E-state index in [1.807, 2.05) is 4.90 Å². The first-order valence-electron chi connectivity index (χ1n) is 6.25. The molecule has 1 aliphatic heterocycles. The van der Waals surface area contributed by atoms with Crippen molar-refractivity contribution in [1.29, 1.82) is 5.26 Å². The molecule has 1 saturated heterocycles. The van der Waals surface area contributed by atoms with Gasteiger partial charge in [0.2, 0.25) is 0 Å². The van der Waals surface area contributed by atoms with Crippen LogP contribution in [0.2, 0.25) is 0 Å². The molecule has 0 N–H and O–H groups in total. The summed E-state index contributed by atoms with van der Waals surface area (Å²) < 4.78 is 0. The van der Waals surface area contributed by atoms with Crippen LogP contribution in [0.4, 0.5) is 5.69 Å². The Hall–Kier alpha value is -2.46. The molecule has 1 aliphatic rings. The highest BCUT2D eigenvalue weighted by atomic mass is 16.6. The molecule has 0 bridgehead atoms. The van der Waals surface area contributed by atoms with Gasteiger partial charge in [-0.05, 0) is 6.07 Å². The quantitative estimate of drug-likeness (QED) is 0.463. The molecule has 2 rings (SSSR count). The summed E-state index contributed by atoms with van der Waals surface area (Å²) in [5.41, 5.74) is -0.0526. The first kappa shape index (κ1) is 14.0. The van der Waals surface area contributed by atoms with Crippen LogP contribution in [-0.4, -0.2) is 53.4 Å². The molecule has 0 spiro atoms. The van der Waals surface area contributed by atoms with Crippen LogP contribution in [0.5, 0.6) is 0 Å². The molecule has 0 aromatic heterocycles. The second kappa shape index (κ2) is 6.12. The van der Waals surface area contributed by atoms with E-state index in [2.05, 4.69) is 6.07 Å².